The van der Waals surface area contributed by atoms with Gasteiger partial charge in [-0.15, -0.1) is 0 Å². The maximum absolute atomic E-state index is 12.6. The minimum Gasteiger partial charge on any atom is -0.477 e. The molecule has 2 heterocycles. The van der Waals surface area contributed by atoms with E-state index >= 15 is 0 Å². The van der Waals surface area contributed by atoms with Gasteiger partial charge in [-0.3, -0.25) is 10.3 Å². The van der Waals surface area contributed by atoms with Gasteiger partial charge in [0.05, 0.1) is 0 Å². The fourth-order valence-corrected chi connectivity index (χ4v) is 4.09. The van der Waals surface area contributed by atoms with Crippen molar-refractivity contribution in [3.63, 3.8) is 0 Å². The van der Waals surface area contributed by atoms with Gasteiger partial charge in [0.1, 0.15) is 34.5 Å². The van der Waals surface area contributed by atoms with Crippen molar-refractivity contribution in [1.29, 1.82) is 0 Å². The zero-order valence-electron chi connectivity index (χ0n) is 21.7. The first-order chi connectivity index (χ1) is 19.4. The number of nitrogens with zero attached hydrogens (tertiary/aromatic N) is 2. The summed E-state index contributed by atoms with van der Waals surface area (Å²) < 4.78 is 16.8. The van der Waals surface area contributed by atoms with Crippen molar-refractivity contribution in [2.24, 2.45) is 0 Å². The average molecular weight is 536 g/mol. The van der Waals surface area contributed by atoms with E-state index in [2.05, 4.69) is 15.5 Å². The number of anilines is 1. The quantitative estimate of drug-likeness (QED) is 0.209. The molecule has 3 aromatic carbocycles. The van der Waals surface area contributed by atoms with Crippen LogP contribution < -0.4 is 10.1 Å². The molecule has 0 aliphatic heterocycles. The molecule has 1 amide bonds. The van der Waals surface area contributed by atoms with E-state index in [-0.39, 0.29) is 11.3 Å². The molecular weight excluding hydrogens is 510 g/mol. The fourth-order valence-electron chi connectivity index (χ4n) is 4.09. The number of pyridine rings is 1. The van der Waals surface area contributed by atoms with Crippen LogP contribution in [0.4, 0.5) is 10.5 Å². The van der Waals surface area contributed by atoms with Crippen LogP contribution >= 0.6 is 0 Å². The maximum atomic E-state index is 12.6. The highest BCUT2D eigenvalue weighted by molar-refractivity contribution is 5.91. The van der Waals surface area contributed by atoms with Crippen LogP contribution in [0, 0.1) is 6.92 Å². The van der Waals surface area contributed by atoms with Gasteiger partial charge in [-0.2, -0.15) is 0 Å². The standard InChI is InChI=1S/C31H25N3O6/c1-19-28(33-31(37)38-20(2)21-6-4-3-5-7-21)29(40-34-19)24-10-8-22(9-11-24)23-12-14-25(15-13-23)39-27-16-17-32-18-26(27)30(35)36/h3-18,20H,1-2H3,(H,33,37)(H,35,36)/t20-/m1/s1. The van der Waals surface area contributed by atoms with Crippen LogP contribution in [-0.2, 0) is 4.74 Å². The molecule has 0 spiro atoms. The lowest BCUT2D eigenvalue weighted by Gasteiger charge is -2.14. The van der Waals surface area contributed by atoms with Crippen molar-refractivity contribution in [3.05, 3.63) is 114 Å². The molecule has 0 saturated carbocycles. The Morgan fingerprint density at radius 2 is 1.55 bits per heavy atom. The highest BCUT2D eigenvalue weighted by Gasteiger charge is 2.20. The largest absolute Gasteiger partial charge is 0.477 e. The van der Waals surface area contributed by atoms with E-state index in [0.29, 0.717) is 22.9 Å². The zero-order valence-corrected chi connectivity index (χ0v) is 21.7. The van der Waals surface area contributed by atoms with E-state index in [1.807, 2.05) is 66.7 Å². The Morgan fingerprint density at radius 1 is 0.900 bits per heavy atom. The molecule has 9 nitrogen and oxygen atoms in total. The van der Waals surface area contributed by atoms with Gasteiger partial charge in [-0.1, -0.05) is 71.9 Å². The van der Waals surface area contributed by atoms with E-state index < -0.39 is 18.2 Å². The monoisotopic (exact) mass is 535 g/mol. The second kappa shape index (κ2) is 11.5. The Morgan fingerprint density at radius 3 is 2.23 bits per heavy atom. The second-order valence-corrected chi connectivity index (χ2v) is 8.94. The van der Waals surface area contributed by atoms with Crippen LogP contribution in [0.1, 0.15) is 34.6 Å². The van der Waals surface area contributed by atoms with Crippen LogP contribution in [0.2, 0.25) is 0 Å². The molecule has 0 saturated heterocycles. The molecule has 5 rings (SSSR count). The van der Waals surface area contributed by atoms with Crippen molar-refractivity contribution < 1.29 is 28.7 Å². The van der Waals surface area contributed by atoms with E-state index in [1.54, 1.807) is 26.0 Å². The van der Waals surface area contributed by atoms with Gasteiger partial charge in [-0.05, 0) is 42.7 Å². The molecule has 5 aromatic rings. The van der Waals surface area contributed by atoms with E-state index in [0.717, 1.165) is 22.3 Å². The first-order valence-corrected chi connectivity index (χ1v) is 12.4. The van der Waals surface area contributed by atoms with Gasteiger partial charge in [-0.25, -0.2) is 9.59 Å². The van der Waals surface area contributed by atoms with Crippen molar-refractivity contribution in [3.8, 4) is 33.9 Å². The van der Waals surface area contributed by atoms with Crippen molar-refractivity contribution in [2.75, 3.05) is 5.32 Å². The number of aromatic nitrogens is 2. The Kier molecular flexibility index (Phi) is 7.54. The summed E-state index contributed by atoms with van der Waals surface area (Å²) in [5.41, 5.74) is 4.44. The highest BCUT2D eigenvalue weighted by Crippen LogP contribution is 2.34. The van der Waals surface area contributed by atoms with Crippen molar-refractivity contribution in [2.45, 2.75) is 20.0 Å². The number of rotatable bonds is 8. The Bertz CT molecular complexity index is 1630. The van der Waals surface area contributed by atoms with E-state index in [1.165, 1.54) is 18.5 Å². The fraction of sp³-hybridized carbons (Fsp3) is 0.0968. The summed E-state index contributed by atoms with van der Waals surface area (Å²) in [6.45, 7) is 3.55. The lowest BCUT2D eigenvalue weighted by Crippen LogP contribution is -2.16. The average Bonchev–Trinajstić information content (AvgIpc) is 3.33. The van der Waals surface area contributed by atoms with Crippen LogP contribution in [0.5, 0.6) is 11.5 Å². The van der Waals surface area contributed by atoms with Crippen LogP contribution in [0.15, 0.2) is 102 Å². The van der Waals surface area contributed by atoms with Crippen molar-refractivity contribution in [1.82, 2.24) is 10.1 Å². The topological polar surface area (TPSA) is 124 Å². The number of aryl methyl sites for hydroxylation is 1. The molecule has 2 N–H and O–H groups in total. The number of hydrogen-bond acceptors (Lipinski definition) is 7. The number of amides is 1. The van der Waals surface area contributed by atoms with E-state index in [4.69, 9.17) is 14.0 Å². The third-order valence-corrected chi connectivity index (χ3v) is 6.22. The van der Waals surface area contributed by atoms with E-state index in [9.17, 15) is 14.7 Å². The van der Waals surface area contributed by atoms with Gasteiger partial charge < -0.3 is 19.1 Å². The van der Waals surface area contributed by atoms with Crippen LogP contribution in [0.25, 0.3) is 22.5 Å². The number of nitrogens with one attached hydrogen (secondary N) is 1. The SMILES string of the molecule is Cc1noc(-c2ccc(-c3ccc(Oc4ccncc4C(=O)O)cc3)cc2)c1NC(=O)O[C@H](C)c1ccccc1. The third-order valence-electron chi connectivity index (χ3n) is 6.22. The number of carbonyl (C=O) groups is 2. The minimum absolute atomic E-state index is 0.0161. The number of carbonyl (C=O) groups excluding carboxylic acids is 1. The smallest absolute Gasteiger partial charge is 0.412 e. The number of ether oxygens (including phenoxy) is 2. The summed E-state index contributed by atoms with van der Waals surface area (Å²) in [7, 11) is 0. The Hall–Kier alpha value is -5.44. The molecule has 9 heteroatoms. The number of aromatic carboxylic acids is 1. The normalized spacial score (nSPS) is 11.4. The highest BCUT2D eigenvalue weighted by atomic mass is 16.6. The zero-order chi connectivity index (χ0) is 28.1. The number of carboxylic acid groups (broad SMARTS) is 1. The van der Waals surface area contributed by atoms with Crippen molar-refractivity contribution >= 4 is 17.7 Å². The predicted octanol–water partition coefficient (Wildman–Crippen LogP) is 7.51. The Balaban J connectivity index is 1.28. The summed E-state index contributed by atoms with van der Waals surface area (Å²) in [5.74, 6) is 0.0163. The summed E-state index contributed by atoms with van der Waals surface area (Å²) in [6.07, 6.45) is 1.69. The molecule has 40 heavy (non-hydrogen) atoms. The summed E-state index contributed by atoms with van der Waals surface area (Å²) in [6, 6.07) is 25.9. The molecule has 0 fully saturated rings. The van der Waals surface area contributed by atoms with Gasteiger partial charge >= 0.3 is 12.1 Å². The number of benzene rings is 3. The van der Waals surface area contributed by atoms with Gasteiger partial charge in [0, 0.05) is 24.0 Å². The minimum atomic E-state index is -1.11. The van der Waals surface area contributed by atoms with Crippen LogP contribution in [0.3, 0.4) is 0 Å². The first-order valence-electron chi connectivity index (χ1n) is 12.4. The molecule has 0 aliphatic rings. The lowest BCUT2D eigenvalue weighted by atomic mass is 10.0. The summed E-state index contributed by atoms with van der Waals surface area (Å²) in [5, 5.41) is 16.1. The van der Waals surface area contributed by atoms with Crippen LogP contribution in [-0.4, -0.2) is 27.3 Å². The third kappa shape index (κ3) is 5.83. The summed E-state index contributed by atoms with van der Waals surface area (Å²) >= 11 is 0. The lowest BCUT2D eigenvalue weighted by molar-refractivity contribution is 0.0693. The molecule has 2 aromatic heterocycles. The molecule has 0 aliphatic carbocycles. The predicted molar refractivity (Wildman–Crippen MR) is 148 cm³/mol. The van der Waals surface area contributed by atoms with Gasteiger partial charge in [0.2, 0.25) is 0 Å². The van der Waals surface area contributed by atoms with Gasteiger partial charge in [0.15, 0.2) is 5.76 Å². The molecule has 200 valence electrons. The molecule has 0 unspecified atom stereocenters. The summed E-state index contributed by atoms with van der Waals surface area (Å²) in [4.78, 5) is 27.8. The second-order valence-electron chi connectivity index (χ2n) is 8.94. The number of hydrogen-bond donors (Lipinski definition) is 2. The Labute approximate surface area is 230 Å². The maximum Gasteiger partial charge on any atom is 0.412 e. The molecule has 0 bridgehead atoms. The van der Waals surface area contributed by atoms with Gasteiger partial charge in [0.25, 0.3) is 0 Å². The number of carboxylic acids is 1. The molecule has 1 atom stereocenters. The molecular formula is C31H25N3O6. The molecule has 0 radical (unpaired) electrons. The first kappa shape index (κ1) is 26.2.